The predicted octanol–water partition coefficient (Wildman–Crippen LogP) is 2.66. The average Bonchev–Trinajstić information content (AvgIpc) is 3.55. The van der Waals surface area contributed by atoms with Crippen LogP contribution < -0.4 is 5.32 Å². The molecule has 10 heteroatoms. The smallest absolute Gasteiger partial charge is 0.258 e. The minimum atomic E-state index is -1.48. The topological polar surface area (TPSA) is 109 Å². The summed E-state index contributed by atoms with van der Waals surface area (Å²) in [4.78, 5) is 27.7. The molecule has 1 fully saturated rings. The number of likely N-dealkylation sites (N-methyl/N-ethyl adjacent to an activating group) is 1. The number of aryl methyl sites for hydroxylation is 1. The van der Waals surface area contributed by atoms with Crippen molar-refractivity contribution in [1.29, 1.82) is 0 Å². The van der Waals surface area contributed by atoms with Crippen molar-refractivity contribution in [2.24, 2.45) is 7.05 Å². The van der Waals surface area contributed by atoms with Crippen LogP contribution in [0.4, 0.5) is 5.95 Å². The zero-order valence-electron chi connectivity index (χ0n) is 18.3. The quantitative estimate of drug-likeness (QED) is 0.454. The van der Waals surface area contributed by atoms with Gasteiger partial charge in [-0.05, 0) is 23.8 Å². The van der Waals surface area contributed by atoms with Crippen LogP contribution in [0.15, 0.2) is 54.2 Å². The molecule has 0 radical (unpaired) electrons. The van der Waals surface area contributed by atoms with Crippen LogP contribution in [0.5, 0.6) is 0 Å². The van der Waals surface area contributed by atoms with Crippen LogP contribution in [-0.4, -0.2) is 54.2 Å². The zero-order chi connectivity index (χ0) is 23.0. The fraction of sp³-hybridized carbons (Fsp3) is 0.261. The molecule has 0 unspecified atom stereocenters. The van der Waals surface area contributed by atoms with Gasteiger partial charge in [-0.2, -0.15) is 5.10 Å². The van der Waals surface area contributed by atoms with E-state index < -0.39 is 5.60 Å². The fourth-order valence-corrected chi connectivity index (χ4v) is 4.70. The Labute approximate surface area is 194 Å². The molecule has 0 aliphatic carbocycles. The van der Waals surface area contributed by atoms with Crippen molar-refractivity contribution in [1.82, 2.24) is 29.6 Å². The molecule has 5 rings (SSSR count). The third-order valence-electron chi connectivity index (χ3n) is 5.87. The molecule has 0 bridgehead atoms. The summed E-state index contributed by atoms with van der Waals surface area (Å²) < 4.78 is 1.80. The molecule has 33 heavy (non-hydrogen) atoms. The first-order valence-electron chi connectivity index (χ1n) is 10.5. The van der Waals surface area contributed by atoms with Crippen molar-refractivity contribution >= 4 is 23.2 Å². The Hall–Kier alpha value is -3.63. The molecule has 1 aliphatic rings. The summed E-state index contributed by atoms with van der Waals surface area (Å²) in [5.41, 5.74) is 2.43. The maximum absolute atomic E-state index is 12.5. The van der Waals surface area contributed by atoms with Crippen LogP contribution in [0.1, 0.15) is 17.7 Å². The molecule has 1 amide bonds. The largest absolute Gasteiger partial charge is 0.375 e. The monoisotopic (exact) mass is 461 g/mol. The van der Waals surface area contributed by atoms with Gasteiger partial charge in [-0.1, -0.05) is 18.2 Å². The second-order valence-electron chi connectivity index (χ2n) is 8.02. The van der Waals surface area contributed by atoms with Crippen LogP contribution in [0.2, 0.25) is 0 Å². The maximum Gasteiger partial charge on any atom is 0.258 e. The lowest BCUT2D eigenvalue weighted by Gasteiger charge is -2.21. The number of rotatable bonds is 6. The van der Waals surface area contributed by atoms with Crippen molar-refractivity contribution in [2.45, 2.75) is 18.6 Å². The van der Waals surface area contributed by atoms with Gasteiger partial charge in [-0.3, -0.25) is 9.48 Å². The van der Waals surface area contributed by atoms with E-state index in [2.05, 4.69) is 20.4 Å². The summed E-state index contributed by atoms with van der Waals surface area (Å²) in [6.07, 6.45) is 3.83. The predicted molar refractivity (Wildman–Crippen MR) is 125 cm³/mol. The average molecular weight is 462 g/mol. The zero-order valence-corrected chi connectivity index (χ0v) is 19.1. The first-order chi connectivity index (χ1) is 15.9. The summed E-state index contributed by atoms with van der Waals surface area (Å²) in [6.45, 7) is 1.09. The number of aliphatic hydroxyl groups is 1. The normalized spacial score (nSPS) is 18.2. The van der Waals surface area contributed by atoms with E-state index in [9.17, 15) is 9.90 Å². The van der Waals surface area contributed by atoms with E-state index in [1.165, 1.54) is 11.3 Å². The molecule has 9 nitrogen and oxygen atoms in total. The van der Waals surface area contributed by atoms with Gasteiger partial charge in [0.05, 0.1) is 17.9 Å². The highest BCUT2D eigenvalue weighted by Crippen LogP contribution is 2.36. The number of hydrogen-bond donors (Lipinski definition) is 2. The van der Waals surface area contributed by atoms with E-state index in [0.717, 1.165) is 22.0 Å². The first-order valence-corrected chi connectivity index (χ1v) is 11.4. The van der Waals surface area contributed by atoms with Crippen LogP contribution in [0.25, 0.3) is 22.0 Å². The third-order valence-corrected chi connectivity index (χ3v) is 6.76. The second kappa shape index (κ2) is 8.38. The van der Waals surface area contributed by atoms with Gasteiger partial charge in [0.1, 0.15) is 10.7 Å². The number of aromatic nitrogens is 5. The second-order valence-corrected chi connectivity index (χ2v) is 8.88. The summed E-state index contributed by atoms with van der Waals surface area (Å²) >= 11 is 1.49. The van der Waals surface area contributed by atoms with Gasteiger partial charge < -0.3 is 15.3 Å². The minimum Gasteiger partial charge on any atom is -0.375 e. The molecule has 3 aromatic heterocycles. The Bertz CT molecular complexity index is 1320. The Kier molecular flexibility index (Phi) is 5.39. The molecular formula is C23H23N7O2S. The van der Waals surface area contributed by atoms with Gasteiger partial charge in [-0.15, -0.1) is 11.3 Å². The fourth-order valence-electron chi connectivity index (χ4n) is 3.89. The van der Waals surface area contributed by atoms with Gasteiger partial charge in [0.25, 0.3) is 5.91 Å². The highest BCUT2D eigenvalue weighted by atomic mass is 32.1. The van der Waals surface area contributed by atoms with E-state index in [0.29, 0.717) is 36.7 Å². The molecule has 168 valence electrons. The van der Waals surface area contributed by atoms with Crippen molar-refractivity contribution in [3.63, 3.8) is 0 Å². The lowest BCUT2D eigenvalue weighted by molar-refractivity contribution is -0.143. The van der Waals surface area contributed by atoms with E-state index in [1.54, 1.807) is 35.1 Å². The number of carbonyl (C=O) groups is 1. The Morgan fingerprint density at radius 1 is 1.15 bits per heavy atom. The molecule has 4 aromatic rings. The van der Waals surface area contributed by atoms with Crippen molar-refractivity contribution in [3.8, 4) is 22.0 Å². The maximum atomic E-state index is 12.5. The molecule has 0 saturated carbocycles. The van der Waals surface area contributed by atoms with Crippen molar-refractivity contribution < 1.29 is 9.90 Å². The van der Waals surface area contributed by atoms with Gasteiger partial charge in [-0.25, -0.2) is 15.0 Å². The number of carbonyl (C=O) groups excluding carboxylic acids is 1. The number of thiazole rings is 1. The molecule has 1 saturated heterocycles. The Balaban J connectivity index is 1.37. The number of nitrogens with zero attached hydrogens (tertiary/aromatic N) is 6. The lowest BCUT2D eigenvalue weighted by atomic mass is 9.91. The summed E-state index contributed by atoms with van der Waals surface area (Å²) in [5, 5.41) is 21.1. The van der Waals surface area contributed by atoms with Gasteiger partial charge >= 0.3 is 0 Å². The van der Waals surface area contributed by atoms with Gasteiger partial charge in [0, 0.05) is 50.4 Å². The number of amides is 1. The number of likely N-dealkylation sites (tertiary alicyclic amines) is 1. The summed E-state index contributed by atoms with van der Waals surface area (Å²) in [6, 6.07) is 11.2. The lowest BCUT2D eigenvalue weighted by Crippen LogP contribution is -2.36. The molecule has 1 atom stereocenters. The minimum absolute atomic E-state index is 0.272. The molecule has 1 aromatic carbocycles. The number of nitrogens with one attached hydrogen (secondary N) is 1. The van der Waals surface area contributed by atoms with E-state index in [-0.39, 0.29) is 5.91 Å². The van der Waals surface area contributed by atoms with Crippen LogP contribution >= 0.6 is 11.3 Å². The number of anilines is 1. The number of benzene rings is 1. The molecule has 0 spiro atoms. The van der Waals surface area contributed by atoms with E-state index in [4.69, 9.17) is 4.98 Å². The van der Waals surface area contributed by atoms with Gasteiger partial charge in [0.2, 0.25) is 5.95 Å². The van der Waals surface area contributed by atoms with Crippen molar-refractivity contribution in [3.05, 3.63) is 65.4 Å². The van der Waals surface area contributed by atoms with Crippen molar-refractivity contribution in [2.75, 3.05) is 18.9 Å². The summed E-state index contributed by atoms with van der Waals surface area (Å²) in [5.74, 6) is 0.239. The number of hydrogen-bond acceptors (Lipinski definition) is 8. The first kappa shape index (κ1) is 21.2. The Morgan fingerprint density at radius 2 is 2.03 bits per heavy atom. The van der Waals surface area contributed by atoms with E-state index in [1.807, 2.05) is 42.8 Å². The molecule has 1 aliphatic heterocycles. The molecule has 2 N–H and O–H groups in total. The third kappa shape index (κ3) is 3.98. The van der Waals surface area contributed by atoms with Crippen LogP contribution in [-0.2, 0) is 24.0 Å². The van der Waals surface area contributed by atoms with E-state index >= 15 is 0 Å². The van der Waals surface area contributed by atoms with Crippen LogP contribution in [0, 0.1) is 0 Å². The van der Waals surface area contributed by atoms with Gasteiger partial charge in [0.15, 0.2) is 5.60 Å². The highest BCUT2D eigenvalue weighted by molar-refractivity contribution is 7.13. The van der Waals surface area contributed by atoms with Crippen LogP contribution in [0.3, 0.4) is 0 Å². The molecule has 4 heterocycles. The summed E-state index contributed by atoms with van der Waals surface area (Å²) in [7, 11) is 3.60. The standard InChI is InChI=1S/C23H23N7O2S/c1-29-11-8-23(32,21(29)31)16-5-3-4-15(12-16)20-27-19(14-33-20)18-7-9-24-22(28-18)25-13-17-6-10-26-30(17)2/h3-7,9-10,12,14,32H,8,11,13H2,1-2H3,(H,24,25,28)/t23-/m1/s1. The highest BCUT2D eigenvalue weighted by Gasteiger charge is 2.45. The molecular weight excluding hydrogens is 438 g/mol. The SMILES string of the molecule is CN1CC[C@@](O)(c2cccc(-c3nc(-c4ccnc(NCc5ccnn5C)n4)cs3)c2)C1=O. The Morgan fingerprint density at radius 3 is 2.79 bits per heavy atom.